The summed E-state index contributed by atoms with van der Waals surface area (Å²) in [5.41, 5.74) is 1.49. The number of hydrogen-bond donors (Lipinski definition) is 0. The maximum absolute atomic E-state index is 13.5. The average molecular weight is 482 g/mol. The van der Waals surface area contributed by atoms with Crippen molar-refractivity contribution in [3.8, 4) is 0 Å². The van der Waals surface area contributed by atoms with Crippen molar-refractivity contribution in [2.75, 3.05) is 26.2 Å². The van der Waals surface area contributed by atoms with Gasteiger partial charge in [-0.1, -0.05) is 30.8 Å². The minimum atomic E-state index is -0.298. The SMILES string of the molecule is O=C1C2CCCCC2C(=O)N1CC1CCCCC1CN1CCC(c2noc3cc(F)ccc23)CC1. The lowest BCUT2D eigenvalue weighted by Gasteiger charge is -2.39. The third-order valence-corrected chi connectivity index (χ3v) is 9.34. The van der Waals surface area contributed by atoms with E-state index in [0.717, 1.165) is 75.7 Å². The second-order valence-electron chi connectivity index (χ2n) is 11.4. The number of piperidine rings is 1. The van der Waals surface area contributed by atoms with Crippen molar-refractivity contribution in [1.29, 1.82) is 0 Å². The largest absolute Gasteiger partial charge is 0.356 e. The molecule has 1 aromatic carbocycles. The number of imide groups is 1. The number of halogens is 1. The molecule has 6 rings (SSSR count). The van der Waals surface area contributed by atoms with Crippen LogP contribution in [0.5, 0.6) is 0 Å². The number of nitrogens with zero attached hydrogens (tertiary/aromatic N) is 3. The molecule has 2 saturated carbocycles. The van der Waals surface area contributed by atoms with Gasteiger partial charge < -0.3 is 9.42 Å². The monoisotopic (exact) mass is 481 g/mol. The molecule has 7 heteroatoms. The molecule has 2 saturated heterocycles. The minimum Gasteiger partial charge on any atom is -0.356 e. The van der Waals surface area contributed by atoms with Gasteiger partial charge in [-0.05, 0) is 75.6 Å². The Labute approximate surface area is 206 Å². The Bertz CT molecular complexity index is 1070. The lowest BCUT2D eigenvalue weighted by atomic mass is 9.78. The highest BCUT2D eigenvalue weighted by Crippen LogP contribution is 2.41. The Hall–Kier alpha value is -2.28. The highest BCUT2D eigenvalue weighted by Gasteiger charge is 2.49. The summed E-state index contributed by atoms with van der Waals surface area (Å²) in [5.74, 6) is 1.15. The van der Waals surface area contributed by atoms with Crippen LogP contribution in [0.1, 0.15) is 75.8 Å². The van der Waals surface area contributed by atoms with Gasteiger partial charge in [-0.3, -0.25) is 14.5 Å². The maximum Gasteiger partial charge on any atom is 0.233 e. The van der Waals surface area contributed by atoms with E-state index in [1.807, 2.05) is 0 Å². The van der Waals surface area contributed by atoms with E-state index in [9.17, 15) is 14.0 Å². The molecule has 188 valence electrons. The van der Waals surface area contributed by atoms with Crippen LogP contribution in [0, 0.1) is 29.5 Å². The zero-order valence-corrected chi connectivity index (χ0v) is 20.5. The van der Waals surface area contributed by atoms with Crippen LogP contribution >= 0.6 is 0 Å². The molecule has 0 radical (unpaired) electrons. The van der Waals surface area contributed by atoms with Gasteiger partial charge in [0.2, 0.25) is 11.8 Å². The van der Waals surface area contributed by atoms with Gasteiger partial charge in [-0.2, -0.15) is 0 Å². The molecule has 0 N–H and O–H groups in total. The van der Waals surface area contributed by atoms with E-state index in [1.54, 1.807) is 11.0 Å². The zero-order chi connectivity index (χ0) is 23.9. The molecule has 4 unspecified atom stereocenters. The van der Waals surface area contributed by atoms with Gasteiger partial charge >= 0.3 is 0 Å². The van der Waals surface area contributed by atoms with Crippen LogP contribution in [0.4, 0.5) is 4.39 Å². The Morgan fingerprint density at radius 3 is 2.17 bits per heavy atom. The maximum atomic E-state index is 13.5. The fourth-order valence-electron chi connectivity index (χ4n) is 7.36. The summed E-state index contributed by atoms with van der Waals surface area (Å²) in [7, 11) is 0. The fraction of sp³-hybridized carbons (Fsp3) is 0.679. The van der Waals surface area contributed by atoms with Crippen LogP contribution in [0.2, 0.25) is 0 Å². The predicted octanol–water partition coefficient (Wildman–Crippen LogP) is 5.13. The van der Waals surface area contributed by atoms with E-state index in [2.05, 4.69) is 10.1 Å². The predicted molar refractivity (Wildman–Crippen MR) is 130 cm³/mol. The molecular weight excluding hydrogens is 445 g/mol. The molecule has 0 spiro atoms. The molecule has 2 aliphatic carbocycles. The second-order valence-corrected chi connectivity index (χ2v) is 11.4. The van der Waals surface area contributed by atoms with E-state index in [-0.39, 0.29) is 29.5 Å². The Morgan fingerprint density at radius 1 is 0.857 bits per heavy atom. The Balaban J connectivity index is 1.07. The summed E-state index contributed by atoms with van der Waals surface area (Å²) in [4.78, 5) is 30.3. The number of carbonyl (C=O) groups excluding carboxylic acids is 2. The fourth-order valence-corrected chi connectivity index (χ4v) is 7.36. The highest BCUT2D eigenvalue weighted by molar-refractivity contribution is 6.05. The minimum absolute atomic E-state index is 0.0403. The number of amides is 2. The first-order chi connectivity index (χ1) is 17.1. The lowest BCUT2D eigenvalue weighted by molar-refractivity contribution is -0.141. The number of carbonyl (C=O) groups is 2. The third-order valence-electron chi connectivity index (χ3n) is 9.34. The number of aromatic nitrogens is 1. The second kappa shape index (κ2) is 9.64. The smallest absolute Gasteiger partial charge is 0.233 e. The summed E-state index contributed by atoms with van der Waals surface area (Å²) in [5, 5.41) is 5.21. The Kier molecular flexibility index (Phi) is 6.37. The van der Waals surface area contributed by atoms with Crippen LogP contribution in [0.3, 0.4) is 0 Å². The third kappa shape index (κ3) is 4.41. The van der Waals surface area contributed by atoms with Crippen molar-refractivity contribution in [1.82, 2.24) is 15.0 Å². The van der Waals surface area contributed by atoms with Crippen molar-refractivity contribution >= 4 is 22.8 Å². The van der Waals surface area contributed by atoms with Gasteiger partial charge in [0.1, 0.15) is 5.82 Å². The molecule has 2 aliphatic heterocycles. The van der Waals surface area contributed by atoms with Crippen LogP contribution in [-0.4, -0.2) is 52.9 Å². The first-order valence-corrected chi connectivity index (χ1v) is 13.7. The molecule has 35 heavy (non-hydrogen) atoms. The summed E-state index contributed by atoms with van der Waals surface area (Å²) in [6.45, 7) is 3.70. The summed E-state index contributed by atoms with van der Waals surface area (Å²) in [6, 6.07) is 4.67. The zero-order valence-electron chi connectivity index (χ0n) is 20.5. The summed E-state index contributed by atoms with van der Waals surface area (Å²) >= 11 is 0. The van der Waals surface area contributed by atoms with Crippen LogP contribution in [0.25, 0.3) is 11.0 Å². The molecule has 4 fully saturated rings. The molecule has 2 aromatic rings. The van der Waals surface area contributed by atoms with E-state index in [4.69, 9.17) is 4.52 Å². The molecule has 1 aromatic heterocycles. The van der Waals surface area contributed by atoms with E-state index >= 15 is 0 Å². The van der Waals surface area contributed by atoms with Crippen molar-refractivity contribution in [3.63, 3.8) is 0 Å². The topological polar surface area (TPSA) is 66.7 Å². The van der Waals surface area contributed by atoms with E-state index in [1.165, 1.54) is 31.4 Å². The number of likely N-dealkylation sites (tertiary alicyclic amines) is 2. The van der Waals surface area contributed by atoms with Crippen molar-refractivity contribution < 1.29 is 18.5 Å². The number of fused-ring (bicyclic) bond motifs is 2. The quantitative estimate of drug-likeness (QED) is 0.554. The molecule has 0 bridgehead atoms. The lowest BCUT2D eigenvalue weighted by Crippen LogP contribution is -2.43. The van der Waals surface area contributed by atoms with Crippen molar-refractivity contribution in [2.45, 2.75) is 70.1 Å². The van der Waals surface area contributed by atoms with Gasteiger partial charge in [0.15, 0.2) is 5.58 Å². The molecule has 4 aliphatic rings. The first-order valence-electron chi connectivity index (χ1n) is 13.7. The summed E-state index contributed by atoms with van der Waals surface area (Å²) < 4.78 is 18.9. The summed E-state index contributed by atoms with van der Waals surface area (Å²) in [6.07, 6.45) is 10.7. The van der Waals surface area contributed by atoms with Crippen LogP contribution in [0.15, 0.2) is 22.7 Å². The average Bonchev–Trinajstić information content (AvgIpc) is 3.40. The van der Waals surface area contributed by atoms with Gasteiger partial charge in [0.05, 0.1) is 17.5 Å². The van der Waals surface area contributed by atoms with Gasteiger partial charge in [-0.15, -0.1) is 0 Å². The van der Waals surface area contributed by atoms with E-state index < -0.39 is 0 Å². The normalized spacial score (nSPS) is 30.8. The molecule has 6 nitrogen and oxygen atoms in total. The Morgan fingerprint density at radius 2 is 1.49 bits per heavy atom. The molecular formula is C28H36FN3O3. The number of hydrogen-bond acceptors (Lipinski definition) is 5. The van der Waals surface area contributed by atoms with Crippen LogP contribution < -0.4 is 0 Å². The molecule has 3 heterocycles. The van der Waals surface area contributed by atoms with Crippen LogP contribution in [-0.2, 0) is 9.59 Å². The molecule has 2 amide bonds. The van der Waals surface area contributed by atoms with E-state index in [0.29, 0.717) is 29.9 Å². The van der Waals surface area contributed by atoms with Gasteiger partial charge in [0.25, 0.3) is 0 Å². The number of rotatable bonds is 5. The van der Waals surface area contributed by atoms with Crippen molar-refractivity contribution in [3.05, 3.63) is 29.7 Å². The highest BCUT2D eigenvalue weighted by atomic mass is 19.1. The van der Waals surface area contributed by atoms with Crippen molar-refractivity contribution in [2.24, 2.45) is 23.7 Å². The van der Waals surface area contributed by atoms with Gasteiger partial charge in [0, 0.05) is 30.5 Å². The standard InChI is InChI=1S/C28H36FN3O3/c29-21-9-10-24-25(15-21)35-30-26(24)18-11-13-31(14-12-18)16-19-5-1-2-6-20(19)17-32-27(33)22-7-3-4-8-23(22)28(32)34/h9-10,15,18-20,22-23H,1-8,11-14,16-17H2. The first kappa shape index (κ1) is 23.1. The molecule has 4 atom stereocenters. The number of benzene rings is 1. The van der Waals surface area contributed by atoms with Gasteiger partial charge in [-0.25, -0.2) is 4.39 Å².